The number of benzene rings is 1. The molecule has 0 spiro atoms. The van der Waals surface area contributed by atoms with Gasteiger partial charge in [0.2, 0.25) is 0 Å². The quantitative estimate of drug-likeness (QED) is 0.795. The highest BCUT2D eigenvalue weighted by Crippen LogP contribution is 2.09. The van der Waals surface area contributed by atoms with E-state index in [1.165, 1.54) is 6.07 Å². The minimum absolute atomic E-state index is 0.209. The van der Waals surface area contributed by atoms with Gasteiger partial charge >= 0.3 is 0 Å². The molecule has 0 radical (unpaired) electrons. The first-order valence-electron chi connectivity index (χ1n) is 4.05. The van der Waals surface area contributed by atoms with Crippen LogP contribution in [0.5, 0.6) is 0 Å². The zero-order chi connectivity index (χ0) is 9.97. The summed E-state index contributed by atoms with van der Waals surface area (Å²) in [6.45, 7) is 0.422. The molecule has 2 rings (SSSR count). The lowest BCUT2D eigenvalue weighted by atomic mass is 10.2. The molecule has 0 unspecified atom stereocenters. The Labute approximate surface area is 94.1 Å². The van der Waals surface area contributed by atoms with Crippen LogP contribution in [0.2, 0.25) is 0 Å². The summed E-state index contributed by atoms with van der Waals surface area (Å²) in [6, 6.07) is 6.67. The van der Waals surface area contributed by atoms with Gasteiger partial charge in [-0.15, -0.1) is 5.10 Å². The van der Waals surface area contributed by atoms with Crippen LogP contribution in [0.15, 0.2) is 30.5 Å². The number of hydrogen-bond acceptors (Lipinski definition) is 2. The van der Waals surface area contributed by atoms with Crippen LogP contribution in [-0.2, 0) is 6.54 Å². The monoisotopic (exact) mass is 303 g/mol. The third-order valence-electron chi connectivity index (χ3n) is 1.85. The molecule has 0 aliphatic rings. The number of rotatable bonds is 2. The Morgan fingerprint density at radius 1 is 1.36 bits per heavy atom. The van der Waals surface area contributed by atoms with Gasteiger partial charge in [0.15, 0.2) is 0 Å². The second kappa shape index (κ2) is 4.04. The molecular formula is C9H7FIN3. The van der Waals surface area contributed by atoms with Crippen LogP contribution in [0.1, 0.15) is 5.56 Å². The fraction of sp³-hybridized carbons (Fsp3) is 0.111. The Morgan fingerprint density at radius 2 is 2.14 bits per heavy atom. The first-order valence-corrected chi connectivity index (χ1v) is 5.12. The summed E-state index contributed by atoms with van der Waals surface area (Å²) in [7, 11) is 0. The Bertz CT molecular complexity index is 441. The van der Waals surface area contributed by atoms with E-state index in [2.05, 4.69) is 32.9 Å². The molecule has 0 saturated carbocycles. The number of halogens is 2. The lowest BCUT2D eigenvalue weighted by Gasteiger charge is -2.03. The third kappa shape index (κ3) is 1.92. The molecule has 0 fully saturated rings. The molecule has 72 valence electrons. The van der Waals surface area contributed by atoms with Gasteiger partial charge < -0.3 is 0 Å². The molecule has 3 nitrogen and oxygen atoms in total. The van der Waals surface area contributed by atoms with Gasteiger partial charge in [0, 0.05) is 5.56 Å². The average molecular weight is 303 g/mol. The van der Waals surface area contributed by atoms with Crippen molar-refractivity contribution in [1.29, 1.82) is 0 Å². The van der Waals surface area contributed by atoms with E-state index in [1.807, 2.05) is 6.07 Å². The fourth-order valence-electron chi connectivity index (χ4n) is 1.14. The van der Waals surface area contributed by atoms with Crippen molar-refractivity contribution in [2.24, 2.45) is 0 Å². The summed E-state index contributed by atoms with van der Waals surface area (Å²) in [5.74, 6) is -0.209. The van der Waals surface area contributed by atoms with Gasteiger partial charge in [0.1, 0.15) is 9.52 Å². The summed E-state index contributed by atoms with van der Waals surface area (Å²) in [5.41, 5.74) is 0.621. The van der Waals surface area contributed by atoms with Crippen molar-refractivity contribution in [1.82, 2.24) is 15.0 Å². The third-order valence-corrected chi connectivity index (χ3v) is 2.68. The molecule has 1 heterocycles. The molecule has 14 heavy (non-hydrogen) atoms. The van der Waals surface area contributed by atoms with E-state index in [-0.39, 0.29) is 5.82 Å². The average Bonchev–Trinajstić information content (AvgIpc) is 2.56. The summed E-state index contributed by atoms with van der Waals surface area (Å²) in [5, 5.41) is 7.58. The maximum Gasteiger partial charge on any atom is 0.128 e. The molecule has 0 aliphatic heterocycles. The topological polar surface area (TPSA) is 30.7 Å². The van der Waals surface area contributed by atoms with E-state index in [4.69, 9.17) is 0 Å². The highest BCUT2D eigenvalue weighted by molar-refractivity contribution is 14.1. The first-order chi connectivity index (χ1) is 6.77. The Kier molecular flexibility index (Phi) is 2.76. The maximum atomic E-state index is 13.2. The van der Waals surface area contributed by atoms with Gasteiger partial charge in [-0.1, -0.05) is 23.4 Å². The molecule has 0 N–H and O–H groups in total. The van der Waals surface area contributed by atoms with Gasteiger partial charge in [-0.05, 0) is 28.7 Å². The molecule has 0 amide bonds. The van der Waals surface area contributed by atoms with E-state index in [0.29, 0.717) is 12.1 Å². The molecule has 2 aromatic rings. The Morgan fingerprint density at radius 3 is 2.79 bits per heavy atom. The summed E-state index contributed by atoms with van der Waals surface area (Å²) < 4.78 is 15.8. The van der Waals surface area contributed by atoms with Crippen LogP contribution in [0.3, 0.4) is 0 Å². The lowest BCUT2D eigenvalue weighted by Crippen LogP contribution is -2.05. The van der Waals surface area contributed by atoms with Crippen molar-refractivity contribution in [3.8, 4) is 0 Å². The second-order valence-corrected chi connectivity index (χ2v) is 3.91. The smallest absolute Gasteiger partial charge is 0.128 e. The zero-order valence-corrected chi connectivity index (χ0v) is 9.35. The van der Waals surface area contributed by atoms with Crippen molar-refractivity contribution in [2.45, 2.75) is 6.54 Å². The summed E-state index contributed by atoms with van der Waals surface area (Å²) in [6.07, 6.45) is 1.64. The standard InChI is InChI=1S/C9H7FIN3/c10-8-4-2-1-3-7(8)6-14-9(11)5-12-13-14/h1-5H,6H2. The van der Waals surface area contributed by atoms with E-state index in [0.717, 1.165) is 3.70 Å². The van der Waals surface area contributed by atoms with Gasteiger partial charge in [0.05, 0.1) is 12.7 Å². The normalized spacial score (nSPS) is 10.4. The summed E-state index contributed by atoms with van der Waals surface area (Å²) in [4.78, 5) is 0. The van der Waals surface area contributed by atoms with Crippen LogP contribution >= 0.6 is 22.6 Å². The largest absolute Gasteiger partial charge is 0.235 e. The highest BCUT2D eigenvalue weighted by Gasteiger charge is 2.04. The maximum absolute atomic E-state index is 13.2. The molecule has 0 atom stereocenters. The Balaban J connectivity index is 2.28. The zero-order valence-electron chi connectivity index (χ0n) is 7.19. The van der Waals surface area contributed by atoms with Crippen molar-refractivity contribution >= 4 is 22.6 Å². The lowest BCUT2D eigenvalue weighted by molar-refractivity contribution is 0.572. The van der Waals surface area contributed by atoms with Crippen LogP contribution in [0.25, 0.3) is 0 Å². The van der Waals surface area contributed by atoms with Crippen molar-refractivity contribution < 1.29 is 4.39 Å². The van der Waals surface area contributed by atoms with Gasteiger partial charge in [-0.3, -0.25) is 0 Å². The predicted molar refractivity (Wildman–Crippen MR) is 58.2 cm³/mol. The SMILES string of the molecule is Fc1ccccc1Cn1nncc1I. The van der Waals surface area contributed by atoms with Crippen LogP contribution in [0, 0.1) is 9.52 Å². The number of hydrogen-bond donors (Lipinski definition) is 0. The number of nitrogens with zero attached hydrogens (tertiary/aromatic N) is 3. The molecule has 1 aromatic carbocycles. The van der Waals surface area contributed by atoms with Gasteiger partial charge in [-0.25, -0.2) is 9.07 Å². The van der Waals surface area contributed by atoms with Crippen LogP contribution < -0.4 is 0 Å². The van der Waals surface area contributed by atoms with Crippen molar-refractivity contribution in [3.05, 3.63) is 45.5 Å². The van der Waals surface area contributed by atoms with E-state index in [1.54, 1.807) is 23.0 Å². The minimum Gasteiger partial charge on any atom is -0.235 e. The summed E-state index contributed by atoms with van der Waals surface area (Å²) >= 11 is 2.11. The van der Waals surface area contributed by atoms with Crippen LogP contribution in [-0.4, -0.2) is 15.0 Å². The molecule has 0 aliphatic carbocycles. The number of aromatic nitrogens is 3. The van der Waals surface area contributed by atoms with E-state index >= 15 is 0 Å². The molecular weight excluding hydrogens is 296 g/mol. The molecule has 0 saturated heterocycles. The predicted octanol–water partition coefficient (Wildman–Crippen LogP) is 2.07. The fourth-order valence-corrected chi connectivity index (χ4v) is 1.53. The van der Waals surface area contributed by atoms with Crippen molar-refractivity contribution in [3.63, 3.8) is 0 Å². The molecule has 5 heteroatoms. The molecule has 0 bridgehead atoms. The Hall–Kier alpha value is -0.980. The molecule has 1 aromatic heterocycles. The van der Waals surface area contributed by atoms with Gasteiger partial charge in [-0.2, -0.15) is 0 Å². The highest BCUT2D eigenvalue weighted by atomic mass is 127. The van der Waals surface area contributed by atoms with E-state index < -0.39 is 0 Å². The first kappa shape index (κ1) is 9.57. The second-order valence-electron chi connectivity index (χ2n) is 2.81. The van der Waals surface area contributed by atoms with Crippen LogP contribution in [0.4, 0.5) is 4.39 Å². The minimum atomic E-state index is -0.209. The van der Waals surface area contributed by atoms with Crippen molar-refractivity contribution in [2.75, 3.05) is 0 Å². The van der Waals surface area contributed by atoms with Gasteiger partial charge in [0.25, 0.3) is 0 Å². The van der Waals surface area contributed by atoms with E-state index in [9.17, 15) is 4.39 Å².